The van der Waals surface area contributed by atoms with Gasteiger partial charge in [0.2, 0.25) is 0 Å². The van der Waals surface area contributed by atoms with Crippen LogP contribution in [0, 0.1) is 11.8 Å². The predicted octanol–water partition coefficient (Wildman–Crippen LogP) is 9.48. The second-order valence-electron chi connectivity index (χ2n) is 7.02. The Kier molecular flexibility index (Phi) is 8.40. The van der Waals surface area contributed by atoms with Gasteiger partial charge in [-0.25, -0.2) is 0 Å². The van der Waals surface area contributed by atoms with Gasteiger partial charge < -0.3 is 0 Å². The second kappa shape index (κ2) is 10.5. The number of hydrogen-bond donors (Lipinski definition) is 0. The SMILES string of the molecule is CC[C@H](C)CSc1c(-c2cccs2)sc(-c2cccs2)c1SC[C@@H](C)CC. The highest BCUT2D eigenvalue weighted by Crippen LogP contribution is 2.53. The maximum absolute atomic E-state index is 2.37. The van der Waals surface area contributed by atoms with E-state index in [1.807, 2.05) is 34.0 Å². The summed E-state index contributed by atoms with van der Waals surface area (Å²) in [6, 6.07) is 8.93. The first-order valence-electron chi connectivity index (χ1n) is 9.64. The second-order valence-corrected chi connectivity index (χ2v) is 12.0. The Balaban J connectivity index is 2.04. The van der Waals surface area contributed by atoms with E-state index < -0.39 is 0 Å². The Bertz CT molecular complexity index is 732. The molecule has 0 saturated heterocycles. The monoisotopic (exact) mass is 452 g/mol. The van der Waals surface area contributed by atoms with E-state index in [1.165, 1.54) is 53.6 Å². The van der Waals surface area contributed by atoms with Crippen molar-refractivity contribution in [2.75, 3.05) is 11.5 Å². The molecule has 0 N–H and O–H groups in total. The Morgan fingerprint density at radius 1 is 0.778 bits per heavy atom. The van der Waals surface area contributed by atoms with Crippen LogP contribution in [0.5, 0.6) is 0 Å². The molecular weight excluding hydrogens is 425 g/mol. The number of thioether (sulfide) groups is 2. The maximum Gasteiger partial charge on any atom is 0.0597 e. The van der Waals surface area contributed by atoms with Gasteiger partial charge in [0, 0.05) is 31.1 Å². The van der Waals surface area contributed by atoms with Crippen LogP contribution in [0.25, 0.3) is 19.5 Å². The third kappa shape index (κ3) is 5.45. The molecule has 0 radical (unpaired) electrons. The molecule has 0 aliphatic heterocycles. The van der Waals surface area contributed by atoms with Crippen LogP contribution < -0.4 is 0 Å². The molecule has 0 aromatic carbocycles. The molecule has 5 heteroatoms. The average molecular weight is 453 g/mol. The van der Waals surface area contributed by atoms with E-state index >= 15 is 0 Å². The molecule has 0 aliphatic rings. The van der Waals surface area contributed by atoms with Crippen LogP contribution in [-0.4, -0.2) is 11.5 Å². The van der Waals surface area contributed by atoms with Crippen molar-refractivity contribution in [1.29, 1.82) is 0 Å². The van der Waals surface area contributed by atoms with Crippen LogP contribution in [-0.2, 0) is 0 Å². The van der Waals surface area contributed by atoms with Crippen molar-refractivity contribution in [3.05, 3.63) is 35.0 Å². The lowest BCUT2D eigenvalue weighted by Gasteiger charge is -2.13. The Morgan fingerprint density at radius 2 is 1.22 bits per heavy atom. The molecule has 0 fully saturated rings. The summed E-state index contributed by atoms with van der Waals surface area (Å²) in [4.78, 5) is 8.85. The third-order valence-electron chi connectivity index (χ3n) is 4.73. The zero-order valence-corrected chi connectivity index (χ0v) is 20.6. The fourth-order valence-electron chi connectivity index (χ4n) is 2.49. The topological polar surface area (TPSA) is 0 Å². The fraction of sp³-hybridized carbons (Fsp3) is 0.455. The molecule has 0 unspecified atom stereocenters. The Labute approximate surface area is 184 Å². The molecule has 3 rings (SSSR count). The Morgan fingerprint density at radius 3 is 1.56 bits per heavy atom. The summed E-state index contributed by atoms with van der Waals surface area (Å²) >= 11 is 9.90. The van der Waals surface area contributed by atoms with Gasteiger partial charge >= 0.3 is 0 Å². The average Bonchev–Trinajstić information content (AvgIpc) is 3.44. The van der Waals surface area contributed by atoms with Crippen molar-refractivity contribution in [2.24, 2.45) is 11.8 Å². The van der Waals surface area contributed by atoms with Crippen LogP contribution in [0.1, 0.15) is 40.5 Å². The molecule has 0 aliphatic carbocycles. The van der Waals surface area contributed by atoms with Gasteiger partial charge in [-0.05, 0) is 34.7 Å². The predicted molar refractivity (Wildman–Crippen MR) is 131 cm³/mol. The smallest absolute Gasteiger partial charge is 0.0597 e. The lowest BCUT2D eigenvalue weighted by molar-refractivity contribution is 0.636. The fourth-order valence-corrected chi connectivity index (χ4v) is 8.84. The van der Waals surface area contributed by atoms with Gasteiger partial charge in [0.1, 0.15) is 0 Å². The standard InChI is InChI=1S/C22H28S5/c1-5-15(3)13-25-21-19(17-9-7-11-23-17)27-20(18-10-8-12-24-18)22(21)26-14-16(4)6-2/h7-12,15-16H,5-6,13-14H2,1-4H3/t15-,16-/m0/s1. The van der Waals surface area contributed by atoms with E-state index in [4.69, 9.17) is 0 Å². The Hall–Kier alpha value is -0.200. The third-order valence-corrected chi connectivity index (χ3v) is 11.3. The summed E-state index contributed by atoms with van der Waals surface area (Å²) in [6.07, 6.45) is 2.50. The van der Waals surface area contributed by atoms with Gasteiger partial charge in [0.15, 0.2) is 0 Å². The quantitative estimate of drug-likeness (QED) is 0.281. The van der Waals surface area contributed by atoms with Crippen molar-refractivity contribution in [3.63, 3.8) is 0 Å². The first kappa shape index (κ1) is 21.5. The van der Waals surface area contributed by atoms with Crippen molar-refractivity contribution in [1.82, 2.24) is 0 Å². The number of hydrogen-bond acceptors (Lipinski definition) is 5. The molecule has 0 amide bonds. The largest absolute Gasteiger partial charge is 0.143 e. The van der Waals surface area contributed by atoms with Crippen molar-refractivity contribution >= 4 is 57.5 Å². The highest BCUT2D eigenvalue weighted by molar-refractivity contribution is 8.02. The van der Waals surface area contributed by atoms with Gasteiger partial charge in [-0.2, -0.15) is 0 Å². The minimum absolute atomic E-state index is 0.753. The highest BCUT2D eigenvalue weighted by atomic mass is 32.2. The summed E-state index contributed by atoms with van der Waals surface area (Å²) in [5.41, 5.74) is 0. The minimum Gasteiger partial charge on any atom is -0.143 e. The molecular formula is C22H28S5. The lowest BCUT2D eigenvalue weighted by atomic mass is 10.2. The van der Waals surface area contributed by atoms with Gasteiger partial charge in [0.05, 0.1) is 9.75 Å². The summed E-state index contributed by atoms with van der Waals surface area (Å²) in [7, 11) is 0. The van der Waals surface area contributed by atoms with Crippen molar-refractivity contribution in [2.45, 2.75) is 50.3 Å². The minimum atomic E-state index is 0.753. The molecule has 2 atom stereocenters. The van der Waals surface area contributed by atoms with E-state index in [-0.39, 0.29) is 0 Å². The number of thiophene rings is 3. The van der Waals surface area contributed by atoms with E-state index in [9.17, 15) is 0 Å². The lowest BCUT2D eigenvalue weighted by Crippen LogP contribution is -1.97. The van der Waals surface area contributed by atoms with Crippen LogP contribution in [0.15, 0.2) is 44.8 Å². The first-order valence-corrected chi connectivity index (χ1v) is 14.2. The molecule has 0 bridgehead atoms. The van der Waals surface area contributed by atoms with Crippen molar-refractivity contribution in [3.8, 4) is 19.5 Å². The van der Waals surface area contributed by atoms with Crippen molar-refractivity contribution < 1.29 is 0 Å². The van der Waals surface area contributed by atoms with E-state index in [1.54, 1.807) is 0 Å². The first-order chi connectivity index (χ1) is 13.1. The molecule has 3 aromatic rings. The molecule has 3 heterocycles. The number of rotatable bonds is 10. The zero-order valence-electron chi connectivity index (χ0n) is 16.5. The molecule has 3 aromatic heterocycles. The van der Waals surface area contributed by atoms with Gasteiger partial charge in [0.25, 0.3) is 0 Å². The highest BCUT2D eigenvalue weighted by Gasteiger charge is 2.23. The van der Waals surface area contributed by atoms with Crippen LogP contribution in [0.3, 0.4) is 0 Å². The normalized spacial score (nSPS) is 13.8. The van der Waals surface area contributed by atoms with Gasteiger partial charge in [-0.1, -0.05) is 52.7 Å². The summed E-state index contributed by atoms with van der Waals surface area (Å²) in [5.74, 6) is 3.91. The van der Waals surface area contributed by atoms with E-state index in [0.717, 1.165) is 11.8 Å². The van der Waals surface area contributed by atoms with E-state index in [0.29, 0.717) is 0 Å². The van der Waals surface area contributed by atoms with Gasteiger partial charge in [-0.3, -0.25) is 0 Å². The van der Waals surface area contributed by atoms with E-state index in [2.05, 4.69) is 86.2 Å². The summed E-state index contributed by atoms with van der Waals surface area (Å²) < 4.78 is 0. The van der Waals surface area contributed by atoms with Gasteiger partial charge in [-0.15, -0.1) is 57.5 Å². The molecule has 27 heavy (non-hydrogen) atoms. The molecule has 0 saturated carbocycles. The maximum atomic E-state index is 2.37. The van der Waals surface area contributed by atoms with Crippen LogP contribution in [0.2, 0.25) is 0 Å². The summed E-state index contributed by atoms with van der Waals surface area (Å²) in [5, 5.41) is 4.41. The summed E-state index contributed by atoms with van der Waals surface area (Å²) in [6.45, 7) is 9.34. The molecule has 0 nitrogen and oxygen atoms in total. The van der Waals surface area contributed by atoms with Crippen LogP contribution in [0.4, 0.5) is 0 Å². The molecule has 0 spiro atoms. The van der Waals surface area contributed by atoms with Crippen LogP contribution >= 0.6 is 57.5 Å². The molecule has 146 valence electrons. The zero-order chi connectivity index (χ0) is 19.2.